The molecule has 0 aliphatic carbocycles. The van der Waals surface area contributed by atoms with E-state index in [0.29, 0.717) is 30.1 Å². The molecule has 6 heteroatoms. The minimum atomic E-state index is -0.325. The number of hydrogen-bond acceptors (Lipinski definition) is 5. The average molecular weight is 470 g/mol. The van der Waals surface area contributed by atoms with E-state index in [4.69, 9.17) is 14.5 Å². The van der Waals surface area contributed by atoms with Crippen LogP contribution in [-0.2, 0) is 4.74 Å². The molecular formula is C29H28FN3O2. The highest BCUT2D eigenvalue weighted by molar-refractivity contribution is 6.43. The zero-order valence-corrected chi connectivity index (χ0v) is 20.0. The van der Waals surface area contributed by atoms with Gasteiger partial charge in [-0.3, -0.25) is 4.99 Å². The molecule has 2 aromatic carbocycles. The Balaban J connectivity index is 1.34. The lowest BCUT2D eigenvalue weighted by atomic mass is 9.97. The van der Waals surface area contributed by atoms with E-state index >= 15 is 0 Å². The molecule has 0 saturated heterocycles. The SMILES string of the molecule is COc1ccc(C2=C(C)CCOC(CC3CCC=C4N=C(c5ccccc5F)N=C4C=N3)=C2)cc1. The number of aliphatic imine (C=N–C) groups is 3. The van der Waals surface area contributed by atoms with Crippen LogP contribution in [0, 0.1) is 5.82 Å². The largest absolute Gasteiger partial charge is 0.498 e. The molecule has 2 aromatic rings. The van der Waals surface area contributed by atoms with Crippen LogP contribution < -0.4 is 4.74 Å². The Morgan fingerprint density at radius 1 is 1.09 bits per heavy atom. The summed E-state index contributed by atoms with van der Waals surface area (Å²) in [7, 11) is 1.68. The summed E-state index contributed by atoms with van der Waals surface area (Å²) in [6, 6.07) is 14.8. The van der Waals surface area contributed by atoms with Crippen molar-refractivity contribution < 1.29 is 13.9 Å². The van der Waals surface area contributed by atoms with Crippen molar-refractivity contribution in [2.45, 2.75) is 38.6 Å². The molecule has 0 aromatic heterocycles. The predicted octanol–water partition coefficient (Wildman–Crippen LogP) is 6.32. The van der Waals surface area contributed by atoms with Crippen LogP contribution in [0.15, 0.2) is 92.7 Å². The standard InChI is InChI=1S/C29H28FN3O2/c1-19-14-15-35-23(17-25(19)20-10-12-22(34-2)13-11-20)16-21-6-5-9-27-28(18-31-21)33-29(32-27)24-7-3-4-8-26(24)30/h3-4,7-13,17-18,21H,5-6,14-16H2,1-2H3. The molecule has 5 rings (SSSR count). The van der Waals surface area contributed by atoms with Gasteiger partial charge in [-0.15, -0.1) is 0 Å². The summed E-state index contributed by atoms with van der Waals surface area (Å²) in [4.78, 5) is 13.9. The van der Waals surface area contributed by atoms with Gasteiger partial charge >= 0.3 is 0 Å². The molecule has 3 aliphatic heterocycles. The minimum absolute atomic E-state index is 0.0646. The third-order valence-corrected chi connectivity index (χ3v) is 6.44. The van der Waals surface area contributed by atoms with Crippen LogP contribution in [0.5, 0.6) is 5.75 Å². The van der Waals surface area contributed by atoms with E-state index < -0.39 is 0 Å². The molecule has 1 atom stereocenters. The first-order valence-corrected chi connectivity index (χ1v) is 11.9. The fraction of sp³-hybridized carbons (Fsp3) is 0.276. The number of allylic oxidation sites excluding steroid dienone is 4. The Kier molecular flexibility index (Phi) is 6.70. The summed E-state index contributed by atoms with van der Waals surface area (Å²) in [5, 5.41) is 0. The summed E-state index contributed by atoms with van der Waals surface area (Å²) < 4.78 is 25.7. The number of rotatable bonds is 5. The van der Waals surface area contributed by atoms with E-state index in [-0.39, 0.29) is 11.9 Å². The number of benzene rings is 2. The topological polar surface area (TPSA) is 55.5 Å². The van der Waals surface area contributed by atoms with Crippen molar-refractivity contribution >= 4 is 23.3 Å². The highest BCUT2D eigenvalue weighted by atomic mass is 19.1. The number of halogens is 1. The maximum atomic E-state index is 14.2. The molecule has 0 fully saturated rings. The molecule has 0 spiro atoms. The van der Waals surface area contributed by atoms with Crippen LogP contribution in [0.4, 0.5) is 4.39 Å². The average Bonchev–Trinajstić information content (AvgIpc) is 3.15. The maximum Gasteiger partial charge on any atom is 0.163 e. The van der Waals surface area contributed by atoms with Gasteiger partial charge < -0.3 is 9.47 Å². The summed E-state index contributed by atoms with van der Waals surface area (Å²) >= 11 is 0. The molecule has 0 saturated carbocycles. The quantitative estimate of drug-likeness (QED) is 0.514. The normalized spacial score (nSPS) is 19.9. The lowest BCUT2D eigenvalue weighted by Gasteiger charge is -2.16. The minimum Gasteiger partial charge on any atom is -0.498 e. The molecule has 178 valence electrons. The fourth-order valence-corrected chi connectivity index (χ4v) is 4.44. The van der Waals surface area contributed by atoms with Crippen molar-refractivity contribution in [2.75, 3.05) is 13.7 Å². The zero-order chi connectivity index (χ0) is 24.2. The zero-order valence-electron chi connectivity index (χ0n) is 20.0. The van der Waals surface area contributed by atoms with Crippen molar-refractivity contribution in [1.29, 1.82) is 0 Å². The van der Waals surface area contributed by atoms with Gasteiger partial charge in [-0.05, 0) is 61.2 Å². The lowest BCUT2D eigenvalue weighted by Crippen LogP contribution is -2.13. The Hall–Kier alpha value is -3.80. The van der Waals surface area contributed by atoms with E-state index in [9.17, 15) is 4.39 Å². The van der Waals surface area contributed by atoms with Crippen molar-refractivity contribution in [1.82, 2.24) is 0 Å². The number of nitrogens with zero attached hydrogens (tertiary/aromatic N) is 3. The Morgan fingerprint density at radius 2 is 1.91 bits per heavy atom. The molecule has 35 heavy (non-hydrogen) atoms. The maximum absolute atomic E-state index is 14.2. The second-order valence-electron chi connectivity index (χ2n) is 8.85. The summed E-state index contributed by atoms with van der Waals surface area (Å²) in [5.74, 6) is 1.85. The molecule has 5 nitrogen and oxygen atoms in total. The van der Waals surface area contributed by atoms with Gasteiger partial charge in [-0.2, -0.15) is 0 Å². The first kappa shape index (κ1) is 23.0. The van der Waals surface area contributed by atoms with Crippen LogP contribution in [0.1, 0.15) is 43.7 Å². The Labute approximate surface area is 205 Å². The van der Waals surface area contributed by atoms with E-state index in [1.807, 2.05) is 12.1 Å². The van der Waals surface area contributed by atoms with Gasteiger partial charge in [0, 0.05) is 19.1 Å². The molecule has 3 heterocycles. The summed E-state index contributed by atoms with van der Waals surface area (Å²) in [6.07, 6.45) is 9.29. The van der Waals surface area contributed by atoms with Gasteiger partial charge in [0.25, 0.3) is 0 Å². The Bertz CT molecular complexity index is 1300. The summed E-state index contributed by atoms with van der Waals surface area (Å²) in [6.45, 7) is 2.82. The molecular weight excluding hydrogens is 441 g/mol. The van der Waals surface area contributed by atoms with E-state index in [1.165, 1.54) is 17.2 Å². The second-order valence-corrected chi connectivity index (χ2v) is 8.85. The third kappa shape index (κ3) is 5.16. The van der Waals surface area contributed by atoms with Crippen molar-refractivity contribution in [3.8, 4) is 5.75 Å². The molecule has 1 unspecified atom stereocenters. The monoisotopic (exact) mass is 469 g/mol. The number of fused-ring (bicyclic) bond motifs is 1. The third-order valence-electron chi connectivity index (χ3n) is 6.44. The van der Waals surface area contributed by atoms with Gasteiger partial charge in [-0.1, -0.05) is 35.9 Å². The van der Waals surface area contributed by atoms with Crippen molar-refractivity contribution in [3.63, 3.8) is 0 Å². The first-order chi connectivity index (χ1) is 17.1. The van der Waals surface area contributed by atoms with Gasteiger partial charge in [0.1, 0.15) is 17.3 Å². The van der Waals surface area contributed by atoms with Crippen LogP contribution >= 0.6 is 0 Å². The predicted molar refractivity (Wildman–Crippen MR) is 139 cm³/mol. The number of amidine groups is 1. The van der Waals surface area contributed by atoms with Crippen molar-refractivity contribution in [3.05, 3.63) is 94.7 Å². The molecule has 0 bridgehead atoms. The van der Waals surface area contributed by atoms with E-state index in [2.05, 4.69) is 41.2 Å². The van der Waals surface area contributed by atoms with Gasteiger partial charge in [0.05, 0.1) is 36.8 Å². The Morgan fingerprint density at radius 3 is 2.71 bits per heavy atom. The van der Waals surface area contributed by atoms with Crippen LogP contribution in [0.3, 0.4) is 0 Å². The van der Waals surface area contributed by atoms with Crippen LogP contribution in [0.2, 0.25) is 0 Å². The van der Waals surface area contributed by atoms with E-state index in [1.54, 1.807) is 31.5 Å². The fourth-order valence-electron chi connectivity index (χ4n) is 4.44. The van der Waals surface area contributed by atoms with Gasteiger partial charge in [0.2, 0.25) is 0 Å². The van der Waals surface area contributed by atoms with Crippen LogP contribution in [0.25, 0.3) is 5.57 Å². The van der Waals surface area contributed by atoms with Crippen molar-refractivity contribution in [2.24, 2.45) is 15.0 Å². The van der Waals surface area contributed by atoms with E-state index in [0.717, 1.165) is 42.0 Å². The number of ether oxygens (including phenoxy) is 2. The second kappa shape index (κ2) is 10.2. The molecule has 0 radical (unpaired) electrons. The molecule has 3 aliphatic rings. The highest BCUT2D eigenvalue weighted by Gasteiger charge is 2.22. The lowest BCUT2D eigenvalue weighted by molar-refractivity contribution is 0.203. The smallest absolute Gasteiger partial charge is 0.163 e. The van der Waals surface area contributed by atoms with Gasteiger partial charge in [-0.25, -0.2) is 14.4 Å². The first-order valence-electron chi connectivity index (χ1n) is 11.9. The highest BCUT2D eigenvalue weighted by Crippen LogP contribution is 2.30. The number of methoxy groups -OCH3 is 1. The number of hydrogen-bond donors (Lipinski definition) is 0. The summed E-state index contributed by atoms with van der Waals surface area (Å²) in [5.41, 5.74) is 5.49. The van der Waals surface area contributed by atoms with Crippen LogP contribution in [-0.4, -0.2) is 37.5 Å². The molecule has 0 amide bonds. The van der Waals surface area contributed by atoms with Gasteiger partial charge in [0.15, 0.2) is 5.84 Å². The molecule has 0 N–H and O–H groups in total.